The number of thiophene rings is 1. The smallest absolute Gasteiger partial charge is 0.240 e. The molecule has 0 unspecified atom stereocenters. The second-order valence-electron chi connectivity index (χ2n) is 4.55. The Kier molecular flexibility index (Phi) is 4.12. The summed E-state index contributed by atoms with van der Waals surface area (Å²) in [6, 6.07) is 2.40. The second-order valence-corrected chi connectivity index (χ2v) is 7.06. The van der Waals surface area contributed by atoms with Gasteiger partial charge in [0.15, 0.2) is 0 Å². The molecule has 1 aromatic heterocycles. The van der Waals surface area contributed by atoms with Gasteiger partial charge < -0.3 is 5.73 Å². The lowest BCUT2D eigenvalue weighted by Gasteiger charge is -2.09. The largest absolute Gasteiger partial charge is 0.396 e. The Labute approximate surface area is 121 Å². The quantitative estimate of drug-likeness (QED) is 0.852. The van der Waals surface area contributed by atoms with Gasteiger partial charge in [-0.2, -0.15) is 11.3 Å². The van der Waals surface area contributed by atoms with Crippen molar-refractivity contribution in [3.63, 3.8) is 0 Å². The fraction of sp³-hybridized carbons (Fsp3) is 0.231. The zero-order valence-corrected chi connectivity index (χ0v) is 12.7. The van der Waals surface area contributed by atoms with Gasteiger partial charge in [0.25, 0.3) is 0 Å². The lowest BCUT2D eigenvalue weighted by Crippen LogP contribution is -2.23. The van der Waals surface area contributed by atoms with Crippen molar-refractivity contribution in [2.24, 2.45) is 0 Å². The molecular weight excluding hydrogens is 299 g/mol. The van der Waals surface area contributed by atoms with Gasteiger partial charge in [-0.15, -0.1) is 0 Å². The first-order valence-electron chi connectivity index (χ1n) is 5.88. The summed E-state index contributed by atoms with van der Waals surface area (Å²) in [5.41, 5.74) is 7.46. The monoisotopic (exact) mass is 314 g/mol. The molecule has 0 aliphatic carbocycles. The van der Waals surface area contributed by atoms with Crippen LogP contribution in [0.3, 0.4) is 0 Å². The molecule has 3 N–H and O–H groups in total. The second kappa shape index (κ2) is 5.51. The highest BCUT2D eigenvalue weighted by Crippen LogP contribution is 2.21. The Morgan fingerprint density at radius 2 is 1.95 bits per heavy atom. The van der Waals surface area contributed by atoms with Crippen molar-refractivity contribution in [1.82, 2.24) is 4.72 Å². The van der Waals surface area contributed by atoms with Crippen LogP contribution in [0.25, 0.3) is 0 Å². The zero-order valence-electron chi connectivity index (χ0n) is 11.1. The number of halogens is 1. The number of nitrogens with two attached hydrogens (primary N) is 1. The molecule has 0 bridgehead atoms. The van der Waals surface area contributed by atoms with E-state index in [1.807, 2.05) is 17.7 Å². The average molecular weight is 314 g/mol. The number of anilines is 1. The van der Waals surface area contributed by atoms with E-state index in [4.69, 9.17) is 5.73 Å². The predicted molar refractivity (Wildman–Crippen MR) is 78.6 cm³/mol. The molecule has 0 spiro atoms. The van der Waals surface area contributed by atoms with E-state index in [2.05, 4.69) is 4.72 Å². The molecule has 1 heterocycles. The molecule has 0 saturated heterocycles. The molecule has 7 heteroatoms. The van der Waals surface area contributed by atoms with Crippen molar-refractivity contribution in [2.75, 3.05) is 5.73 Å². The molecule has 20 heavy (non-hydrogen) atoms. The standard InChI is InChI=1S/C13H15FN2O2S2/c1-8-3-11(4-12(15)13(8)14)20(17,18)16-5-10-7-19-6-9(10)2/h3-4,6-7,16H,5,15H2,1-2H3. The van der Waals surface area contributed by atoms with E-state index in [1.165, 1.54) is 24.3 Å². The van der Waals surface area contributed by atoms with Crippen LogP contribution in [0.4, 0.5) is 10.1 Å². The molecule has 0 atom stereocenters. The minimum absolute atomic E-state index is 0.0261. The van der Waals surface area contributed by atoms with Gasteiger partial charge in [-0.25, -0.2) is 17.5 Å². The minimum atomic E-state index is -3.71. The highest BCUT2D eigenvalue weighted by Gasteiger charge is 2.17. The van der Waals surface area contributed by atoms with Crippen LogP contribution in [0.5, 0.6) is 0 Å². The summed E-state index contributed by atoms with van der Waals surface area (Å²) >= 11 is 1.52. The maximum Gasteiger partial charge on any atom is 0.240 e. The third-order valence-electron chi connectivity index (χ3n) is 2.98. The summed E-state index contributed by atoms with van der Waals surface area (Å²) in [6.07, 6.45) is 0. The van der Waals surface area contributed by atoms with Gasteiger partial charge in [-0.05, 0) is 53.4 Å². The summed E-state index contributed by atoms with van der Waals surface area (Å²) in [7, 11) is -3.71. The number of nitrogens with one attached hydrogen (secondary N) is 1. The van der Waals surface area contributed by atoms with Crippen LogP contribution in [0.1, 0.15) is 16.7 Å². The summed E-state index contributed by atoms with van der Waals surface area (Å²) in [5, 5.41) is 3.84. The van der Waals surface area contributed by atoms with E-state index in [0.29, 0.717) is 0 Å². The molecule has 0 saturated carbocycles. The molecule has 0 fully saturated rings. The van der Waals surface area contributed by atoms with Crippen LogP contribution < -0.4 is 10.5 Å². The van der Waals surface area contributed by atoms with Crippen LogP contribution >= 0.6 is 11.3 Å². The number of hydrogen-bond acceptors (Lipinski definition) is 4. The summed E-state index contributed by atoms with van der Waals surface area (Å²) in [4.78, 5) is -0.0261. The van der Waals surface area contributed by atoms with Gasteiger partial charge >= 0.3 is 0 Å². The van der Waals surface area contributed by atoms with Crippen molar-refractivity contribution in [3.05, 3.63) is 45.4 Å². The van der Waals surface area contributed by atoms with E-state index in [0.717, 1.165) is 17.2 Å². The van der Waals surface area contributed by atoms with Gasteiger partial charge in [-0.3, -0.25) is 0 Å². The Balaban J connectivity index is 2.25. The fourth-order valence-electron chi connectivity index (χ4n) is 1.74. The lowest BCUT2D eigenvalue weighted by molar-refractivity contribution is 0.580. The van der Waals surface area contributed by atoms with Crippen molar-refractivity contribution >= 4 is 27.0 Å². The first-order valence-corrected chi connectivity index (χ1v) is 8.31. The van der Waals surface area contributed by atoms with Gasteiger partial charge in [0.2, 0.25) is 10.0 Å². The molecule has 2 rings (SSSR count). The maximum atomic E-state index is 13.4. The van der Waals surface area contributed by atoms with Gasteiger partial charge in [-0.1, -0.05) is 0 Å². The molecule has 0 amide bonds. The normalized spacial score (nSPS) is 11.8. The maximum absolute atomic E-state index is 13.4. The molecule has 1 aromatic carbocycles. The number of nitrogen functional groups attached to an aromatic ring is 1. The van der Waals surface area contributed by atoms with E-state index in [-0.39, 0.29) is 22.7 Å². The summed E-state index contributed by atoms with van der Waals surface area (Å²) in [5.74, 6) is -0.586. The Morgan fingerprint density at radius 3 is 2.50 bits per heavy atom. The number of hydrogen-bond donors (Lipinski definition) is 2. The topological polar surface area (TPSA) is 72.2 Å². The summed E-state index contributed by atoms with van der Waals surface area (Å²) < 4.78 is 40.3. The number of aryl methyl sites for hydroxylation is 2. The number of rotatable bonds is 4. The van der Waals surface area contributed by atoms with Crippen LogP contribution in [-0.2, 0) is 16.6 Å². The Hall–Kier alpha value is -1.44. The highest BCUT2D eigenvalue weighted by atomic mass is 32.2. The molecule has 0 aliphatic heterocycles. The van der Waals surface area contributed by atoms with E-state index in [1.54, 1.807) is 0 Å². The van der Waals surface area contributed by atoms with Crippen LogP contribution in [0.2, 0.25) is 0 Å². The van der Waals surface area contributed by atoms with Gasteiger partial charge in [0, 0.05) is 6.54 Å². The van der Waals surface area contributed by atoms with Crippen molar-refractivity contribution in [3.8, 4) is 0 Å². The van der Waals surface area contributed by atoms with Crippen molar-refractivity contribution in [2.45, 2.75) is 25.3 Å². The fourth-order valence-corrected chi connectivity index (χ4v) is 3.73. The van der Waals surface area contributed by atoms with Crippen LogP contribution in [-0.4, -0.2) is 8.42 Å². The Morgan fingerprint density at radius 1 is 1.25 bits per heavy atom. The molecule has 2 aromatic rings. The van der Waals surface area contributed by atoms with E-state index in [9.17, 15) is 12.8 Å². The van der Waals surface area contributed by atoms with Crippen molar-refractivity contribution < 1.29 is 12.8 Å². The van der Waals surface area contributed by atoms with Crippen molar-refractivity contribution in [1.29, 1.82) is 0 Å². The third-order valence-corrected chi connectivity index (χ3v) is 5.27. The minimum Gasteiger partial charge on any atom is -0.396 e. The molecular formula is C13H15FN2O2S2. The number of benzene rings is 1. The average Bonchev–Trinajstić information content (AvgIpc) is 2.78. The van der Waals surface area contributed by atoms with Crippen LogP contribution in [0.15, 0.2) is 27.8 Å². The first kappa shape index (κ1) is 15.0. The van der Waals surface area contributed by atoms with Gasteiger partial charge in [0.1, 0.15) is 5.82 Å². The van der Waals surface area contributed by atoms with Gasteiger partial charge in [0.05, 0.1) is 10.6 Å². The Bertz CT molecular complexity index is 716. The number of sulfonamides is 1. The molecule has 4 nitrogen and oxygen atoms in total. The summed E-state index contributed by atoms with van der Waals surface area (Å²) in [6.45, 7) is 3.60. The zero-order chi connectivity index (χ0) is 14.9. The van der Waals surface area contributed by atoms with Crippen LogP contribution in [0, 0.1) is 19.7 Å². The predicted octanol–water partition coefficient (Wildman–Crippen LogP) is 2.56. The third kappa shape index (κ3) is 3.00. The highest BCUT2D eigenvalue weighted by molar-refractivity contribution is 7.89. The molecule has 108 valence electrons. The van der Waals surface area contributed by atoms with E-state index < -0.39 is 15.8 Å². The molecule has 0 aliphatic rings. The SMILES string of the molecule is Cc1cscc1CNS(=O)(=O)c1cc(C)c(F)c(N)c1. The lowest BCUT2D eigenvalue weighted by atomic mass is 10.2. The first-order chi connectivity index (χ1) is 9.31. The van der Waals surface area contributed by atoms with E-state index >= 15 is 0 Å². The molecule has 0 radical (unpaired) electrons.